The van der Waals surface area contributed by atoms with Crippen molar-refractivity contribution in [1.29, 1.82) is 0 Å². The molecule has 0 bridgehead atoms. The molecule has 114 valence electrons. The molecule has 0 aliphatic carbocycles. The number of primary amides is 1. The van der Waals surface area contributed by atoms with E-state index in [1.54, 1.807) is 6.07 Å². The van der Waals surface area contributed by atoms with Crippen molar-refractivity contribution in [2.45, 2.75) is 5.54 Å². The van der Waals surface area contributed by atoms with Gasteiger partial charge in [0.1, 0.15) is 0 Å². The number of hydrogen-bond donors (Lipinski definition) is 4. The molecule has 8 heteroatoms. The van der Waals surface area contributed by atoms with E-state index in [0.717, 1.165) is 0 Å². The van der Waals surface area contributed by atoms with Gasteiger partial charge in [-0.05, 0) is 5.56 Å². The highest BCUT2D eigenvalue weighted by Crippen LogP contribution is 2.29. The molecule has 1 aromatic carbocycles. The van der Waals surface area contributed by atoms with Crippen LogP contribution in [-0.4, -0.2) is 53.2 Å². The second-order valence-electron chi connectivity index (χ2n) is 4.18. The molecule has 8 nitrogen and oxygen atoms in total. The lowest BCUT2D eigenvalue weighted by Gasteiger charge is -2.37. The lowest BCUT2D eigenvalue weighted by Crippen LogP contribution is -2.64. The molecule has 1 aromatic rings. The Bertz CT molecular complexity index is 518. The van der Waals surface area contributed by atoms with E-state index in [-0.39, 0.29) is 12.1 Å². The molecule has 1 rings (SSSR count). The van der Waals surface area contributed by atoms with Crippen LogP contribution in [0.4, 0.5) is 4.79 Å². The highest BCUT2D eigenvalue weighted by Gasteiger charge is 2.53. The fourth-order valence-electron chi connectivity index (χ4n) is 2.11. The number of aliphatic hydroxyl groups excluding tert-OH is 1. The minimum atomic E-state index is -2.40. The maximum atomic E-state index is 12.0. The lowest BCUT2D eigenvalue weighted by molar-refractivity contribution is -0.156. The summed E-state index contributed by atoms with van der Waals surface area (Å²) >= 11 is 0. The van der Waals surface area contributed by atoms with Crippen molar-refractivity contribution in [2.24, 2.45) is 5.73 Å². The zero-order valence-corrected chi connectivity index (χ0v) is 11.4. The van der Waals surface area contributed by atoms with E-state index in [0.29, 0.717) is 4.90 Å². The van der Waals surface area contributed by atoms with Gasteiger partial charge in [0.05, 0.1) is 6.61 Å². The fraction of sp³-hybridized carbons (Fsp3) is 0.308. The molecule has 0 radical (unpaired) electrons. The first-order valence-corrected chi connectivity index (χ1v) is 6.12. The molecule has 0 saturated carbocycles. The Kier molecular flexibility index (Phi) is 5.25. The van der Waals surface area contributed by atoms with Gasteiger partial charge in [-0.15, -0.1) is 0 Å². The summed E-state index contributed by atoms with van der Waals surface area (Å²) in [5.74, 6) is -2.82. The summed E-state index contributed by atoms with van der Waals surface area (Å²) in [6, 6.07) is 6.61. The second kappa shape index (κ2) is 6.71. The van der Waals surface area contributed by atoms with E-state index < -0.39 is 30.1 Å². The number of carbonyl (C=O) groups is 3. The van der Waals surface area contributed by atoms with E-state index in [2.05, 4.69) is 5.32 Å². The van der Waals surface area contributed by atoms with Gasteiger partial charge < -0.3 is 21.3 Å². The largest absolute Gasteiger partial charge is 0.479 e. The molecule has 0 aliphatic heterocycles. The van der Waals surface area contributed by atoms with Gasteiger partial charge >= 0.3 is 12.0 Å². The summed E-state index contributed by atoms with van der Waals surface area (Å²) in [6.45, 7) is -0.896. The second-order valence-corrected chi connectivity index (χ2v) is 4.18. The van der Waals surface area contributed by atoms with Crippen LogP contribution in [0.3, 0.4) is 0 Å². The van der Waals surface area contributed by atoms with Gasteiger partial charge in [-0.3, -0.25) is 9.69 Å². The molecule has 0 heterocycles. The number of hydrogen-bond acceptors (Lipinski definition) is 4. The molecule has 0 aromatic heterocycles. The maximum Gasteiger partial charge on any atom is 0.344 e. The summed E-state index contributed by atoms with van der Waals surface area (Å²) in [4.78, 5) is 36.4. The van der Waals surface area contributed by atoms with E-state index in [1.165, 1.54) is 31.3 Å². The first-order chi connectivity index (χ1) is 9.92. The zero-order chi connectivity index (χ0) is 16.0. The summed E-state index contributed by atoms with van der Waals surface area (Å²) < 4.78 is 0. The number of nitrogens with one attached hydrogen (secondary N) is 1. The summed E-state index contributed by atoms with van der Waals surface area (Å²) in [5.41, 5.74) is 2.94. The van der Waals surface area contributed by atoms with Crippen LogP contribution in [0.15, 0.2) is 30.3 Å². The third kappa shape index (κ3) is 2.79. The quantitative estimate of drug-likeness (QED) is 0.504. The van der Waals surface area contributed by atoms with Gasteiger partial charge in [-0.2, -0.15) is 0 Å². The van der Waals surface area contributed by atoms with Gasteiger partial charge in [0, 0.05) is 13.6 Å². The number of aliphatic hydroxyl groups is 1. The van der Waals surface area contributed by atoms with E-state index in [1.807, 2.05) is 0 Å². The number of rotatable bonds is 6. The first-order valence-electron chi connectivity index (χ1n) is 6.12. The molecule has 3 amide bonds. The van der Waals surface area contributed by atoms with E-state index in [9.17, 15) is 19.5 Å². The predicted octanol–water partition coefficient (Wildman–Crippen LogP) is -0.914. The molecule has 0 aliphatic rings. The Labute approximate surface area is 121 Å². The van der Waals surface area contributed by atoms with Crippen LogP contribution in [0.25, 0.3) is 0 Å². The first kappa shape index (κ1) is 16.4. The minimum Gasteiger partial charge on any atom is -0.479 e. The molecular formula is C13H17N3O5. The van der Waals surface area contributed by atoms with Crippen LogP contribution in [0.1, 0.15) is 5.56 Å². The number of urea groups is 1. The van der Waals surface area contributed by atoms with Gasteiger partial charge in [-0.1, -0.05) is 30.3 Å². The molecule has 0 fully saturated rings. The van der Waals surface area contributed by atoms with E-state index >= 15 is 0 Å². The van der Waals surface area contributed by atoms with Gasteiger partial charge in [0.15, 0.2) is 0 Å². The average molecular weight is 295 g/mol. The van der Waals surface area contributed by atoms with Crippen molar-refractivity contribution in [1.82, 2.24) is 10.2 Å². The Morgan fingerprint density at radius 3 is 2.24 bits per heavy atom. The zero-order valence-electron chi connectivity index (χ0n) is 11.4. The summed E-state index contributed by atoms with van der Waals surface area (Å²) in [5, 5.41) is 20.9. The lowest BCUT2D eigenvalue weighted by atomic mass is 9.87. The van der Waals surface area contributed by atoms with Crippen molar-refractivity contribution >= 4 is 17.9 Å². The van der Waals surface area contributed by atoms with Crippen LogP contribution in [-0.2, 0) is 15.1 Å². The van der Waals surface area contributed by atoms with Crippen molar-refractivity contribution in [3.63, 3.8) is 0 Å². The van der Waals surface area contributed by atoms with Gasteiger partial charge in [0.2, 0.25) is 5.54 Å². The Morgan fingerprint density at radius 2 is 1.86 bits per heavy atom. The predicted molar refractivity (Wildman–Crippen MR) is 73.2 cm³/mol. The number of aliphatic carboxylic acids is 1. The molecule has 0 saturated heterocycles. The molecule has 21 heavy (non-hydrogen) atoms. The maximum absolute atomic E-state index is 12.0. The normalized spacial score (nSPS) is 13.0. The van der Waals surface area contributed by atoms with E-state index in [4.69, 9.17) is 10.8 Å². The summed E-state index contributed by atoms with van der Waals surface area (Å²) in [7, 11) is 1.28. The van der Waals surface area contributed by atoms with Crippen molar-refractivity contribution < 1.29 is 24.6 Å². The van der Waals surface area contributed by atoms with Crippen molar-refractivity contribution in [3.8, 4) is 0 Å². The Morgan fingerprint density at radius 1 is 1.29 bits per heavy atom. The van der Waals surface area contributed by atoms with Gasteiger partial charge in [-0.25, -0.2) is 9.59 Å². The monoisotopic (exact) mass is 295 g/mol. The van der Waals surface area contributed by atoms with Crippen molar-refractivity contribution in [3.05, 3.63) is 35.9 Å². The number of carbonyl (C=O) groups excluding carboxylic acids is 2. The van der Waals surface area contributed by atoms with Crippen LogP contribution < -0.4 is 11.1 Å². The third-order valence-electron chi connectivity index (χ3n) is 3.05. The topological polar surface area (TPSA) is 133 Å². The number of nitrogens with two attached hydrogens (primary N) is 1. The standard InChI is InChI=1S/C13H17N3O5/c1-15-12(21)16(7-8-17)13(10(14)18,11(19)20)9-5-3-2-4-6-9/h2-6,17H,7-8H2,1H3,(H2,14,18)(H,15,21)(H,19,20). The molecule has 5 N–H and O–H groups in total. The van der Waals surface area contributed by atoms with Crippen LogP contribution >= 0.6 is 0 Å². The van der Waals surface area contributed by atoms with Crippen molar-refractivity contribution in [2.75, 3.05) is 20.2 Å². The highest BCUT2D eigenvalue weighted by atomic mass is 16.4. The smallest absolute Gasteiger partial charge is 0.344 e. The fourth-order valence-corrected chi connectivity index (χ4v) is 2.11. The highest BCUT2D eigenvalue weighted by molar-refractivity contribution is 6.09. The molecule has 1 atom stereocenters. The number of nitrogens with zero attached hydrogens (tertiary/aromatic N) is 1. The molecule has 1 unspecified atom stereocenters. The van der Waals surface area contributed by atoms with Crippen LogP contribution in [0.5, 0.6) is 0 Å². The average Bonchev–Trinajstić information content (AvgIpc) is 2.46. The number of amides is 3. The number of carboxylic acids is 1. The molecular weight excluding hydrogens is 278 g/mol. The Hall–Kier alpha value is -2.61. The Balaban J connectivity index is 3.60. The summed E-state index contributed by atoms with van der Waals surface area (Å²) in [6.07, 6.45) is 0. The van der Waals surface area contributed by atoms with Crippen LogP contribution in [0, 0.1) is 0 Å². The number of benzene rings is 1. The van der Waals surface area contributed by atoms with Crippen LogP contribution in [0.2, 0.25) is 0 Å². The number of carboxylic acid groups (broad SMARTS) is 1. The molecule has 0 spiro atoms. The third-order valence-corrected chi connectivity index (χ3v) is 3.05. The van der Waals surface area contributed by atoms with Gasteiger partial charge in [0.25, 0.3) is 5.91 Å². The SMILES string of the molecule is CNC(=O)N(CCO)C(C(N)=O)(C(=O)O)c1ccccc1. The minimum absolute atomic E-state index is 0.0297.